The molecule has 232 valence electrons. The van der Waals surface area contributed by atoms with Crippen molar-refractivity contribution < 1.29 is 37.0 Å². The number of carbonyl (C=O) groups is 2. The predicted octanol–water partition coefficient (Wildman–Crippen LogP) is 4.49. The maximum Gasteiger partial charge on any atom is 0.573 e. The normalized spacial score (nSPS) is 11.2. The molecule has 0 aliphatic heterocycles. The average Bonchev–Trinajstić information content (AvgIpc) is 3.44. The predicted molar refractivity (Wildman–Crippen MR) is 157 cm³/mol. The number of nitrogens with zero attached hydrogens (tertiary/aromatic N) is 3. The van der Waals surface area contributed by atoms with Gasteiger partial charge >= 0.3 is 6.36 Å². The van der Waals surface area contributed by atoms with Gasteiger partial charge in [-0.25, -0.2) is 9.97 Å². The van der Waals surface area contributed by atoms with E-state index in [4.69, 9.17) is 21.7 Å². The minimum Gasteiger partial charge on any atom is -0.406 e. The summed E-state index contributed by atoms with van der Waals surface area (Å²) in [6.45, 7) is 1.81. The molecule has 0 saturated carbocycles. The second kappa shape index (κ2) is 15.9. The van der Waals surface area contributed by atoms with Crippen LogP contribution in [-0.4, -0.2) is 77.9 Å². The van der Waals surface area contributed by atoms with Crippen LogP contribution in [0, 0.1) is 3.95 Å². The summed E-state index contributed by atoms with van der Waals surface area (Å²) in [5, 5.41) is 15.1. The van der Waals surface area contributed by atoms with E-state index in [1.165, 1.54) is 30.6 Å². The van der Waals surface area contributed by atoms with Gasteiger partial charge in [0.05, 0.1) is 32.1 Å². The maximum absolute atomic E-state index is 12.7. The summed E-state index contributed by atoms with van der Waals surface area (Å²) in [6.07, 6.45) is -3.44. The van der Waals surface area contributed by atoms with E-state index in [1.54, 1.807) is 30.3 Å². The van der Waals surface area contributed by atoms with Gasteiger partial charge in [-0.2, -0.15) is 5.10 Å². The fourth-order valence-electron chi connectivity index (χ4n) is 3.59. The Kier molecular flexibility index (Phi) is 11.7. The van der Waals surface area contributed by atoms with E-state index in [-0.39, 0.29) is 35.7 Å². The average molecular weight is 650 g/mol. The van der Waals surface area contributed by atoms with Crippen LogP contribution >= 0.6 is 23.6 Å². The minimum atomic E-state index is -4.77. The van der Waals surface area contributed by atoms with Gasteiger partial charge in [0.25, 0.3) is 11.8 Å². The Morgan fingerprint density at radius 3 is 2.27 bits per heavy atom. The van der Waals surface area contributed by atoms with Crippen molar-refractivity contribution in [2.45, 2.75) is 6.36 Å². The molecule has 0 aliphatic carbocycles. The SMILES string of the molecule is O=C(NCCOCCOCCNC(=O)c1n[nH]c(=S)s1)c1cccc(-c2cc(Nc3ccc(OC(F)(F)F)cc3)ncn2)c1. The third kappa shape index (κ3) is 10.7. The molecule has 2 amide bonds. The van der Waals surface area contributed by atoms with Crippen molar-refractivity contribution in [3.05, 3.63) is 75.4 Å². The third-order valence-corrected chi connectivity index (χ3v) is 6.60. The first-order valence-electron chi connectivity index (χ1n) is 13.0. The summed E-state index contributed by atoms with van der Waals surface area (Å²) < 4.78 is 52.3. The molecule has 0 bridgehead atoms. The second-order valence-electron chi connectivity index (χ2n) is 8.72. The highest BCUT2D eigenvalue weighted by Crippen LogP contribution is 2.26. The molecule has 4 rings (SSSR count). The van der Waals surface area contributed by atoms with Crippen molar-refractivity contribution >= 4 is 46.9 Å². The summed E-state index contributed by atoms with van der Waals surface area (Å²) in [4.78, 5) is 32.9. The first-order chi connectivity index (χ1) is 21.2. The molecule has 4 N–H and O–H groups in total. The number of alkyl halides is 3. The number of aromatic nitrogens is 4. The van der Waals surface area contributed by atoms with Gasteiger partial charge in [0, 0.05) is 36.0 Å². The van der Waals surface area contributed by atoms with Crippen molar-refractivity contribution in [1.82, 2.24) is 30.8 Å². The molecule has 0 fully saturated rings. The molecule has 0 spiro atoms. The van der Waals surface area contributed by atoms with Gasteiger partial charge < -0.3 is 30.2 Å². The number of carbonyl (C=O) groups excluding carboxylic acids is 2. The zero-order chi connectivity index (χ0) is 31.4. The monoisotopic (exact) mass is 649 g/mol. The molecule has 0 saturated heterocycles. The first kappa shape index (κ1) is 32.5. The van der Waals surface area contributed by atoms with Gasteiger partial charge in [-0.05, 0) is 48.6 Å². The molecule has 0 radical (unpaired) electrons. The zero-order valence-corrected chi connectivity index (χ0v) is 24.5. The van der Waals surface area contributed by atoms with E-state index in [1.807, 2.05) is 0 Å². The first-order valence-corrected chi connectivity index (χ1v) is 14.2. The number of nitrogens with one attached hydrogen (secondary N) is 4. The van der Waals surface area contributed by atoms with Crippen LogP contribution < -0.4 is 20.7 Å². The van der Waals surface area contributed by atoms with Crippen molar-refractivity contribution in [3.63, 3.8) is 0 Å². The lowest BCUT2D eigenvalue weighted by molar-refractivity contribution is -0.274. The van der Waals surface area contributed by atoms with Gasteiger partial charge in [0.1, 0.15) is 17.9 Å². The van der Waals surface area contributed by atoms with Crippen LogP contribution in [0.25, 0.3) is 11.3 Å². The van der Waals surface area contributed by atoms with Gasteiger partial charge in [-0.1, -0.05) is 23.5 Å². The van der Waals surface area contributed by atoms with Crippen LogP contribution in [0.1, 0.15) is 20.2 Å². The minimum absolute atomic E-state index is 0.261. The van der Waals surface area contributed by atoms with Gasteiger partial charge in [-0.3, -0.25) is 14.7 Å². The fraction of sp³-hybridized carbons (Fsp3) is 0.259. The number of H-pyrrole nitrogens is 1. The fourth-order valence-corrected chi connectivity index (χ4v) is 4.40. The molecule has 2 heterocycles. The Bertz CT molecular complexity index is 1600. The van der Waals surface area contributed by atoms with Crippen molar-refractivity contribution in [2.24, 2.45) is 0 Å². The highest BCUT2D eigenvalue weighted by atomic mass is 32.1. The molecule has 4 aromatic rings. The summed E-state index contributed by atoms with van der Waals surface area (Å²) in [7, 11) is 0. The van der Waals surface area contributed by atoms with Gasteiger partial charge in [0.15, 0.2) is 3.95 Å². The van der Waals surface area contributed by atoms with E-state index in [2.05, 4.69) is 40.9 Å². The second-order valence-corrected chi connectivity index (χ2v) is 10.4. The summed E-state index contributed by atoms with van der Waals surface area (Å²) in [6, 6.07) is 13.7. The summed E-state index contributed by atoms with van der Waals surface area (Å²) in [5.41, 5.74) is 2.11. The number of benzene rings is 2. The Labute approximate surface area is 258 Å². The van der Waals surface area contributed by atoms with Gasteiger partial charge in [-0.15, -0.1) is 13.2 Å². The van der Waals surface area contributed by atoms with Crippen LogP contribution in [0.3, 0.4) is 0 Å². The van der Waals surface area contributed by atoms with Gasteiger partial charge in [0.2, 0.25) is 5.01 Å². The molecule has 0 atom stereocenters. The summed E-state index contributed by atoms with van der Waals surface area (Å²) in [5.74, 6) is -0.554. The smallest absolute Gasteiger partial charge is 0.406 e. The van der Waals surface area contributed by atoms with E-state index >= 15 is 0 Å². The topological polar surface area (TPSA) is 152 Å². The lowest BCUT2D eigenvalue weighted by Crippen LogP contribution is -2.28. The number of aromatic amines is 1. The number of hydrogen-bond acceptors (Lipinski definition) is 11. The lowest BCUT2D eigenvalue weighted by Gasteiger charge is -2.11. The number of ether oxygens (including phenoxy) is 3. The van der Waals surface area contributed by atoms with E-state index < -0.39 is 6.36 Å². The third-order valence-electron chi connectivity index (χ3n) is 5.52. The molecule has 2 aromatic carbocycles. The van der Waals surface area contributed by atoms with Crippen molar-refractivity contribution in [2.75, 3.05) is 44.8 Å². The molecule has 2 aromatic heterocycles. The quantitative estimate of drug-likeness (QED) is 0.107. The largest absolute Gasteiger partial charge is 0.573 e. The highest BCUT2D eigenvalue weighted by molar-refractivity contribution is 7.73. The van der Waals surface area contributed by atoms with E-state index in [0.29, 0.717) is 58.6 Å². The van der Waals surface area contributed by atoms with E-state index in [9.17, 15) is 22.8 Å². The maximum atomic E-state index is 12.7. The van der Waals surface area contributed by atoms with E-state index in [0.717, 1.165) is 11.3 Å². The van der Waals surface area contributed by atoms with Crippen LogP contribution in [0.5, 0.6) is 5.75 Å². The number of halogens is 3. The molecule has 0 unspecified atom stereocenters. The number of amides is 2. The Hall–Kier alpha value is -4.45. The van der Waals surface area contributed by atoms with Crippen LogP contribution in [0.2, 0.25) is 0 Å². The number of rotatable bonds is 15. The highest BCUT2D eigenvalue weighted by Gasteiger charge is 2.31. The molecule has 17 heteroatoms. The van der Waals surface area contributed by atoms with Crippen molar-refractivity contribution in [3.8, 4) is 17.0 Å². The molecule has 0 aliphatic rings. The molecular weight excluding hydrogens is 623 g/mol. The van der Waals surface area contributed by atoms with Crippen molar-refractivity contribution in [1.29, 1.82) is 0 Å². The Morgan fingerprint density at radius 2 is 1.61 bits per heavy atom. The number of hydrogen-bond donors (Lipinski definition) is 4. The van der Waals surface area contributed by atoms with Crippen LogP contribution in [0.15, 0.2) is 60.9 Å². The Balaban J connectivity index is 1.15. The van der Waals surface area contributed by atoms with Crippen LogP contribution in [0.4, 0.5) is 24.7 Å². The molecule has 12 nitrogen and oxygen atoms in total. The van der Waals surface area contributed by atoms with Crippen LogP contribution in [-0.2, 0) is 9.47 Å². The zero-order valence-electron chi connectivity index (χ0n) is 22.8. The molecule has 44 heavy (non-hydrogen) atoms. The Morgan fingerprint density at radius 1 is 0.909 bits per heavy atom. The lowest BCUT2D eigenvalue weighted by atomic mass is 10.1. The number of anilines is 2. The summed E-state index contributed by atoms with van der Waals surface area (Å²) >= 11 is 5.98. The standard InChI is InChI=1S/C27H26F3N7O5S2/c28-27(29,30)42-20-6-4-19(5-7-20)35-22-15-21(33-16-34-22)17-2-1-3-18(14-17)23(38)31-8-10-40-12-13-41-11-9-32-24(39)25-36-37-26(43)44-25/h1-7,14-16H,8-13H2,(H,31,38)(H,32,39)(H,37,43)(H,33,34,35). The molecular formula is C27H26F3N7O5S2.